The van der Waals surface area contributed by atoms with E-state index in [4.69, 9.17) is 0 Å². The SMILES string of the molecule is Cc1c(C2=CCC(C3CCC(C4CCCC4)CC3)CC2)cc(F)c(F)c1F.Cc1c(C2=CCC(C3CCC(CC4CCCC4)CC3)CC2)cc(F)c(F)c1F.[HH].[HH]. The molecule has 2 aromatic carbocycles. The van der Waals surface area contributed by atoms with Crippen LogP contribution in [0.4, 0.5) is 26.3 Å². The lowest BCUT2D eigenvalue weighted by Gasteiger charge is -2.37. The van der Waals surface area contributed by atoms with Gasteiger partial charge < -0.3 is 0 Å². The molecule has 0 bridgehead atoms. The fourth-order valence-corrected chi connectivity index (χ4v) is 12.2. The molecule has 6 aliphatic carbocycles. The summed E-state index contributed by atoms with van der Waals surface area (Å²) < 4.78 is 82.0. The van der Waals surface area contributed by atoms with Crippen LogP contribution in [0.2, 0.25) is 0 Å². The second-order valence-electron chi connectivity index (χ2n) is 18.7. The van der Waals surface area contributed by atoms with Crippen molar-refractivity contribution in [3.05, 3.63) is 81.4 Å². The zero-order chi connectivity index (χ0) is 38.6. The van der Waals surface area contributed by atoms with E-state index in [-0.39, 0.29) is 14.0 Å². The lowest BCUT2D eigenvalue weighted by Crippen LogP contribution is -2.25. The third kappa shape index (κ3) is 9.46. The summed E-state index contributed by atoms with van der Waals surface area (Å²) in [6.07, 6.45) is 34.2. The van der Waals surface area contributed by atoms with Gasteiger partial charge in [-0.2, -0.15) is 0 Å². The zero-order valence-electron chi connectivity index (χ0n) is 33.5. The Bertz CT molecular complexity index is 1690. The molecule has 0 saturated heterocycles. The molecule has 6 aliphatic rings. The Kier molecular flexibility index (Phi) is 13.6. The van der Waals surface area contributed by atoms with Crippen LogP contribution in [0.5, 0.6) is 0 Å². The summed E-state index contributed by atoms with van der Waals surface area (Å²) >= 11 is 0. The van der Waals surface area contributed by atoms with Crippen LogP contribution in [0, 0.1) is 96.1 Å². The molecule has 0 amide bonds. The molecule has 0 aliphatic heterocycles. The van der Waals surface area contributed by atoms with E-state index in [1.54, 1.807) is 13.8 Å². The highest BCUT2D eigenvalue weighted by molar-refractivity contribution is 5.70. The lowest BCUT2D eigenvalue weighted by atomic mass is 9.68. The standard InChI is InChI=1S/C25H33F3.C24H31F3.2H2/c1-16-22(15-23(26)25(28)24(16)27)21-12-10-20(11-13-21)19-8-6-18(7-9-19)14-17-4-2-3-5-17;1-15-21(14-22(25)24(27)23(15)26)20-12-10-19(11-13-20)18-8-6-17(7-9-18)16-4-2-3-5-16;;/h12,15,17-20H,2-11,13-14H2,1H3;12,14,16-19H,2-11,13H2,1H3;2*1H. The Hall–Kier alpha value is -2.50. The first-order chi connectivity index (χ1) is 26.6. The molecule has 8 rings (SSSR count). The van der Waals surface area contributed by atoms with Gasteiger partial charge in [0, 0.05) is 2.85 Å². The molecule has 0 aromatic heterocycles. The normalized spacial score (nSPS) is 29.5. The van der Waals surface area contributed by atoms with E-state index in [1.165, 1.54) is 121 Å². The number of hydrogen-bond donors (Lipinski definition) is 0. The van der Waals surface area contributed by atoms with Crippen molar-refractivity contribution >= 4 is 11.1 Å². The van der Waals surface area contributed by atoms with Gasteiger partial charge in [-0.3, -0.25) is 0 Å². The molecule has 306 valence electrons. The number of benzene rings is 2. The third-order valence-corrected chi connectivity index (χ3v) is 15.7. The number of hydrogen-bond acceptors (Lipinski definition) is 0. The molecule has 55 heavy (non-hydrogen) atoms. The van der Waals surface area contributed by atoms with Gasteiger partial charge in [0.25, 0.3) is 0 Å². The number of halogens is 6. The van der Waals surface area contributed by atoms with Crippen LogP contribution in [0.25, 0.3) is 11.1 Å². The summed E-state index contributed by atoms with van der Waals surface area (Å²) in [5.74, 6) is -0.0389. The minimum absolute atomic E-state index is 0. The average molecular weight is 771 g/mol. The van der Waals surface area contributed by atoms with Gasteiger partial charge in [-0.15, -0.1) is 0 Å². The molecule has 0 radical (unpaired) electrons. The van der Waals surface area contributed by atoms with E-state index in [2.05, 4.69) is 12.2 Å². The van der Waals surface area contributed by atoms with Gasteiger partial charge in [-0.25, -0.2) is 26.3 Å². The van der Waals surface area contributed by atoms with Crippen molar-refractivity contribution in [1.29, 1.82) is 0 Å². The van der Waals surface area contributed by atoms with E-state index >= 15 is 0 Å². The molecule has 0 spiro atoms. The first kappa shape index (κ1) is 40.7. The number of allylic oxidation sites excluding steroid dienone is 4. The molecular formula is C49H68F6. The Morgan fingerprint density at radius 1 is 0.436 bits per heavy atom. The molecule has 0 nitrogen and oxygen atoms in total. The summed E-state index contributed by atoms with van der Waals surface area (Å²) in [5.41, 5.74) is 3.54. The first-order valence-electron chi connectivity index (χ1n) is 22.2. The van der Waals surface area contributed by atoms with Crippen LogP contribution >= 0.6 is 0 Å². The second kappa shape index (κ2) is 18.4. The van der Waals surface area contributed by atoms with Crippen LogP contribution in [0.15, 0.2) is 24.3 Å². The van der Waals surface area contributed by atoms with Crippen molar-refractivity contribution in [2.75, 3.05) is 0 Å². The quantitative estimate of drug-likeness (QED) is 0.194. The largest absolute Gasteiger partial charge is 0.204 e. The van der Waals surface area contributed by atoms with Crippen molar-refractivity contribution in [2.45, 2.75) is 162 Å². The van der Waals surface area contributed by atoms with E-state index in [0.29, 0.717) is 23.0 Å². The predicted octanol–water partition coefficient (Wildman–Crippen LogP) is 16.1. The minimum Gasteiger partial charge on any atom is -0.204 e. The van der Waals surface area contributed by atoms with Gasteiger partial charge >= 0.3 is 0 Å². The van der Waals surface area contributed by atoms with E-state index in [0.717, 1.165) is 85.2 Å². The maximum Gasteiger partial charge on any atom is 0.194 e. The molecular weight excluding hydrogens is 703 g/mol. The lowest BCUT2D eigenvalue weighted by molar-refractivity contribution is 0.158. The minimum atomic E-state index is -1.36. The van der Waals surface area contributed by atoms with Crippen LogP contribution in [-0.2, 0) is 0 Å². The van der Waals surface area contributed by atoms with Gasteiger partial charge in [0.15, 0.2) is 34.9 Å². The van der Waals surface area contributed by atoms with Gasteiger partial charge in [-0.05, 0) is 190 Å². The van der Waals surface area contributed by atoms with Crippen molar-refractivity contribution in [3.63, 3.8) is 0 Å². The number of rotatable bonds is 7. The van der Waals surface area contributed by atoms with Crippen molar-refractivity contribution in [1.82, 2.24) is 0 Å². The summed E-state index contributed by atoms with van der Waals surface area (Å²) in [6.45, 7) is 3.09. The molecule has 6 heteroatoms. The summed E-state index contributed by atoms with van der Waals surface area (Å²) in [4.78, 5) is 0. The molecule has 0 heterocycles. The van der Waals surface area contributed by atoms with Crippen molar-refractivity contribution < 1.29 is 29.2 Å². The zero-order valence-corrected chi connectivity index (χ0v) is 33.5. The third-order valence-electron chi connectivity index (χ3n) is 15.7. The monoisotopic (exact) mass is 771 g/mol. The van der Waals surface area contributed by atoms with E-state index < -0.39 is 34.9 Å². The summed E-state index contributed by atoms with van der Waals surface area (Å²) in [5, 5.41) is 0. The molecule has 2 aromatic rings. The van der Waals surface area contributed by atoms with Crippen molar-refractivity contribution in [3.8, 4) is 0 Å². The summed E-state index contributed by atoms with van der Waals surface area (Å²) in [7, 11) is 0. The smallest absolute Gasteiger partial charge is 0.194 e. The highest BCUT2D eigenvalue weighted by Gasteiger charge is 2.34. The van der Waals surface area contributed by atoms with Crippen LogP contribution in [-0.4, -0.2) is 0 Å². The van der Waals surface area contributed by atoms with Gasteiger partial charge in [0.05, 0.1) is 0 Å². The maximum atomic E-state index is 13.9. The Labute approximate surface area is 330 Å². The molecule has 2 atom stereocenters. The summed E-state index contributed by atoms with van der Waals surface area (Å²) in [6, 6.07) is 2.35. The average Bonchev–Trinajstić information content (AvgIpc) is 3.96. The first-order valence-corrected chi connectivity index (χ1v) is 22.2. The van der Waals surface area contributed by atoms with E-state index in [9.17, 15) is 26.3 Å². The second-order valence-corrected chi connectivity index (χ2v) is 18.7. The highest BCUT2D eigenvalue weighted by Crippen LogP contribution is 2.47. The van der Waals surface area contributed by atoms with Gasteiger partial charge in [0.1, 0.15) is 0 Å². The fourth-order valence-electron chi connectivity index (χ4n) is 12.2. The maximum absolute atomic E-state index is 13.9. The Morgan fingerprint density at radius 3 is 1.22 bits per heavy atom. The highest BCUT2D eigenvalue weighted by atomic mass is 19.2. The topological polar surface area (TPSA) is 0 Å². The van der Waals surface area contributed by atoms with E-state index in [1.807, 2.05) is 0 Å². The Morgan fingerprint density at radius 2 is 0.800 bits per heavy atom. The molecule has 4 saturated carbocycles. The van der Waals surface area contributed by atoms with Crippen molar-refractivity contribution in [2.24, 2.45) is 47.3 Å². The van der Waals surface area contributed by atoms with Gasteiger partial charge in [-0.1, -0.05) is 76.4 Å². The molecule has 0 N–H and O–H groups in total. The molecule has 4 fully saturated rings. The molecule has 2 unspecified atom stereocenters. The van der Waals surface area contributed by atoms with Crippen LogP contribution in [0.3, 0.4) is 0 Å². The van der Waals surface area contributed by atoms with Crippen LogP contribution in [0.1, 0.15) is 173 Å². The Balaban J connectivity index is 0.000000210. The fraction of sp³-hybridized carbons (Fsp3) is 0.673. The van der Waals surface area contributed by atoms with Gasteiger partial charge in [0.2, 0.25) is 0 Å². The predicted molar refractivity (Wildman–Crippen MR) is 216 cm³/mol. The van der Waals surface area contributed by atoms with Crippen LogP contribution < -0.4 is 0 Å².